The van der Waals surface area contributed by atoms with Gasteiger partial charge in [0.15, 0.2) is 0 Å². The number of likely N-dealkylation sites (tertiary alicyclic amines) is 1. The number of aromatic nitrogens is 1. The Morgan fingerprint density at radius 1 is 1.15 bits per heavy atom. The minimum absolute atomic E-state index is 0.188. The molecule has 210 valence electrons. The standard InChI is InChI=1S/C29H34F3N3O3S/c1-34(2)26-18-33-25-7-6-20(38-3)17-22(25)21(26)5-4-8-29(28(36)37)9-11-35(12-10-29)13-14-39-27-23(31)15-19(30)16-24(27)32/h6-7,15-18H,4-5,8-14H2,1-3H3,(H,36,37). The van der Waals surface area contributed by atoms with Gasteiger partial charge >= 0.3 is 5.97 Å². The molecule has 0 atom stereocenters. The topological polar surface area (TPSA) is 65.9 Å². The Labute approximate surface area is 231 Å². The van der Waals surface area contributed by atoms with Gasteiger partial charge in [0.1, 0.15) is 23.2 Å². The smallest absolute Gasteiger partial charge is 0.309 e. The SMILES string of the molecule is COc1ccc2ncc(N(C)C)c(CCCC3(C(=O)O)CCN(CCSc4c(F)cc(F)cc4F)CC3)c2c1. The predicted molar refractivity (Wildman–Crippen MR) is 148 cm³/mol. The second kappa shape index (κ2) is 12.5. The zero-order valence-corrected chi connectivity index (χ0v) is 23.3. The number of fused-ring (bicyclic) bond motifs is 1. The number of piperidine rings is 1. The fourth-order valence-electron chi connectivity index (χ4n) is 5.31. The first-order chi connectivity index (χ1) is 18.6. The van der Waals surface area contributed by atoms with E-state index in [4.69, 9.17) is 4.74 Å². The number of halogens is 3. The zero-order valence-electron chi connectivity index (χ0n) is 22.5. The number of carbonyl (C=O) groups is 1. The predicted octanol–water partition coefficient (Wildman–Crippen LogP) is 6.01. The van der Waals surface area contributed by atoms with E-state index in [0.29, 0.717) is 69.6 Å². The average Bonchev–Trinajstić information content (AvgIpc) is 2.90. The number of methoxy groups -OCH3 is 1. The number of nitrogens with zero attached hydrogens (tertiary/aromatic N) is 3. The van der Waals surface area contributed by atoms with Crippen LogP contribution in [-0.4, -0.2) is 67.6 Å². The van der Waals surface area contributed by atoms with Crippen molar-refractivity contribution in [1.29, 1.82) is 0 Å². The molecule has 39 heavy (non-hydrogen) atoms. The van der Waals surface area contributed by atoms with Crippen LogP contribution in [0.15, 0.2) is 41.4 Å². The zero-order chi connectivity index (χ0) is 28.2. The quantitative estimate of drug-likeness (QED) is 0.288. The van der Waals surface area contributed by atoms with E-state index in [9.17, 15) is 23.1 Å². The lowest BCUT2D eigenvalue weighted by atomic mass is 9.74. The number of anilines is 1. The Hall–Kier alpha value is -2.98. The summed E-state index contributed by atoms with van der Waals surface area (Å²) in [5.74, 6) is -2.35. The lowest BCUT2D eigenvalue weighted by molar-refractivity contribution is -0.152. The molecule has 4 rings (SSSR count). The van der Waals surface area contributed by atoms with Crippen LogP contribution >= 0.6 is 11.8 Å². The molecular weight excluding hydrogens is 527 g/mol. The molecule has 1 fully saturated rings. The molecule has 0 aliphatic carbocycles. The number of carboxylic acid groups (broad SMARTS) is 1. The van der Waals surface area contributed by atoms with Crippen LogP contribution < -0.4 is 9.64 Å². The van der Waals surface area contributed by atoms with Crippen molar-refractivity contribution in [3.63, 3.8) is 0 Å². The summed E-state index contributed by atoms with van der Waals surface area (Å²) in [7, 11) is 5.57. The summed E-state index contributed by atoms with van der Waals surface area (Å²) in [6.07, 6.45) is 4.86. The number of rotatable bonds is 11. The Balaban J connectivity index is 1.37. The Morgan fingerprint density at radius 2 is 1.85 bits per heavy atom. The summed E-state index contributed by atoms with van der Waals surface area (Å²) >= 11 is 1.01. The molecule has 1 aromatic heterocycles. The highest BCUT2D eigenvalue weighted by Gasteiger charge is 2.40. The van der Waals surface area contributed by atoms with Gasteiger partial charge < -0.3 is 19.6 Å². The maximum Gasteiger partial charge on any atom is 0.309 e. The van der Waals surface area contributed by atoms with E-state index < -0.39 is 28.8 Å². The Morgan fingerprint density at radius 3 is 2.46 bits per heavy atom. The minimum atomic E-state index is -0.940. The molecule has 0 amide bonds. The number of aryl methyl sites for hydroxylation is 1. The van der Waals surface area contributed by atoms with E-state index >= 15 is 0 Å². The lowest BCUT2D eigenvalue weighted by Crippen LogP contribution is -2.45. The van der Waals surface area contributed by atoms with Crippen molar-refractivity contribution in [3.8, 4) is 5.75 Å². The average molecular weight is 562 g/mol. The van der Waals surface area contributed by atoms with Crippen molar-refractivity contribution < 1.29 is 27.8 Å². The van der Waals surface area contributed by atoms with E-state index in [-0.39, 0.29) is 4.90 Å². The highest BCUT2D eigenvalue weighted by atomic mass is 32.2. The molecule has 2 heterocycles. The van der Waals surface area contributed by atoms with Crippen molar-refractivity contribution in [2.45, 2.75) is 37.0 Å². The van der Waals surface area contributed by atoms with E-state index in [1.165, 1.54) is 0 Å². The fourth-order valence-corrected chi connectivity index (χ4v) is 6.26. The van der Waals surface area contributed by atoms with Crippen molar-refractivity contribution in [2.75, 3.05) is 51.5 Å². The highest BCUT2D eigenvalue weighted by Crippen LogP contribution is 2.39. The third-order valence-electron chi connectivity index (χ3n) is 7.61. The van der Waals surface area contributed by atoms with Gasteiger partial charge in [-0.15, -0.1) is 11.8 Å². The van der Waals surface area contributed by atoms with Crippen molar-refractivity contribution >= 4 is 34.3 Å². The molecule has 0 unspecified atom stereocenters. The van der Waals surface area contributed by atoms with Gasteiger partial charge in [-0.3, -0.25) is 9.78 Å². The van der Waals surface area contributed by atoms with Gasteiger partial charge in [-0.1, -0.05) is 0 Å². The number of pyridine rings is 1. The molecule has 0 saturated carbocycles. The first-order valence-corrected chi connectivity index (χ1v) is 14.0. The normalized spacial score (nSPS) is 15.4. The number of ether oxygens (including phenoxy) is 1. The number of hydrogen-bond donors (Lipinski definition) is 1. The minimum Gasteiger partial charge on any atom is -0.497 e. The number of hydrogen-bond acceptors (Lipinski definition) is 6. The Bertz CT molecular complexity index is 1310. The molecule has 1 aliphatic heterocycles. The van der Waals surface area contributed by atoms with Gasteiger partial charge in [0, 0.05) is 43.9 Å². The summed E-state index contributed by atoms with van der Waals surface area (Å²) < 4.78 is 46.4. The molecule has 6 nitrogen and oxygen atoms in total. The van der Waals surface area contributed by atoms with Crippen LogP contribution in [0.1, 0.15) is 31.2 Å². The first kappa shape index (κ1) is 29.0. The summed E-state index contributed by atoms with van der Waals surface area (Å²) in [4.78, 5) is 21.0. The third kappa shape index (κ3) is 6.61. The first-order valence-electron chi connectivity index (χ1n) is 13.0. The maximum atomic E-state index is 13.9. The number of benzene rings is 2. The molecule has 3 aromatic rings. The second-order valence-corrected chi connectivity index (χ2v) is 11.3. The van der Waals surface area contributed by atoms with Crippen LogP contribution in [0.4, 0.5) is 18.9 Å². The van der Waals surface area contributed by atoms with E-state index in [1.54, 1.807) is 7.11 Å². The van der Waals surface area contributed by atoms with Gasteiger partial charge in [0.05, 0.1) is 34.8 Å². The van der Waals surface area contributed by atoms with Gasteiger partial charge in [-0.2, -0.15) is 0 Å². The summed E-state index contributed by atoms with van der Waals surface area (Å²) in [6.45, 7) is 1.76. The maximum absolute atomic E-state index is 13.9. The molecule has 0 bridgehead atoms. The summed E-state index contributed by atoms with van der Waals surface area (Å²) in [5.41, 5.74) is 2.19. The second-order valence-electron chi connectivity index (χ2n) is 10.2. The number of carboxylic acids is 1. The van der Waals surface area contributed by atoms with Crippen molar-refractivity contribution in [2.24, 2.45) is 5.41 Å². The molecular formula is C29H34F3N3O3S. The summed E-state index contributed by atoms with van der Waals surface area (Å²) in [6, 6.07) is 7.16. The van der Waals surface area contributed by atoms with Crippen LogP contribution in [0.2, 0.25) is 0 Å². The van der Waals surface area contributed by atoms with Crippen molar-refractivity contribution in [1.82, 2.24) is 9.88 Å². The van der Waals surface area contributed by atoms with E-state index in [2.05, 4.69) is 9.88 Å². The van der Waals surface area contributed by atoms with Gasteiger partial charge in [-0.25, -0.2) is 13.2 Å². The molecule has 1 N–H and O–H groups in total. The molecule has 10 heteroatoms. The van der Waals surface area contributed by atoms with Gasteiger partial charge in [0.25, 0.3) is 0 Å². The van der Waals surface area contributed by atoms with Gasteiger partial charge in [0.2, 0.25) is 0 Å². The molecule has 1 aliphatic rings. The number of aliphatic carboxylic acids is 1. The highest BCUT2D eigenvalue weighted by molar-refractivity contribution is 7.99. The van der Waals surface area contributed by atoms with Crippen LogP contribution in [-0.2, 0) is 11.2 Å². The molecule has 1 saturated heterocycles. The van der Waals surface area contributed by atoms with Gasteiger partial charge in [-0.05, 0) is 69.0 Å². The monoisotopic (exact) mass is 561 g/mol. The molecule has 0 radical (unpaired) electrons. The molecule has 2 aromatic carbocycles. The van der Waals surface area contributed by atoms with E-state index in [1.807, 2.05) is 43.4 Å². The lowest BCUT2D eigenvalue weighted by Gasteiger charge is -2.39. The molecule has 0 spiro atoms. The van der Waals surface area contributed by atoms with Crippen LogP contribution in [0.5, 0.6) is 5.75 Å². The van der Waals surface area contributed by atoms with Crippen LogP contribution in [0.3, 0.4) is 0 Å². The van der Waals surface area contributed by atoms with Crippen LogP contribution in [0.25, 0.3) is 10.9 Å². The van der Waals surface area contributed by atoms with Crippen LogP contribution in [0, 0.1) is 22.9 Å². The Kier molecular flexibility index (Phi) is 9.27. The van der Waals surface area contributed by atoms with E-state index in [0.717, 1.165) is 39.7 Å². The third-order valence-corrected chi connectivity index (χ3v) is 8.68. The van der Waals surface area contributed by atoms with Crippen molar-refractivity contribution in [3.05, 3.63) is 59.5 Å². The number of thioether (sulfide) groups is 1. The largest absolute Gasteiger partial charge is 0.497 e. The summed E-state index contributed by atoms with van der Waals surface area (Å²) in [5, 5.41) is 11.2. The fraction of sp³-hybridized carbons (Fsp3) is 0.448.